The lowest BCUT2D eigenvalue weighted by molar-refractivity contribution is -0.645. The second-order valence-corrected chi connectivity index (χ2v) is 6.50. The minimum absolute atomic E-state index is 0.0352. The number of ether oxygens (including phenoxy) is 1. The van der Waals surface area contributed by atoms with Gasteiger partial charge in [-0.05, 0) is 43.8 Å². The van der Waals surface area contributed by atoms with Crippen LogP contribution in [0.25, 0.3) is 0 Å². The van der Waals surface area contributed by atoms with Crippen LogP contribution in [-0.2, 0) is 14.3 Å². The van der Waals surface area contributed by atoms with E-state index in [1.807, 2.05) is 44.2 Å². The summed E-state index contributed by atoms with van der Waals surface area (Å²) in [6, 6.07) is 14.1. The number of carbonyl (C=O) groups excluding carboxylic acids is 2. The first-order chi connectivity index (χ1) is 12.0. The third-order valence-corrected chi connectivity index (χ3v) is 4.29. The maximum atomic E-state index is 12.4. The average molecular weight is 360 g/mol. The molecule has 2 rings (SSSR count). The highest BCUT2D eigenvalue weighted by molar-refractivity contribution is 7.99. The number of carbonyl (C=O) groups is 2. The van der Waals surface area contributed by atoms with Gasteiger partial charge in [0.25, 0.3) is 10.9 Å². The van der Waals surface area contributed by atoms with E-state index in [0.29, 0.717) is 9.76 Å². The van der Waals surface area contributed by atoms with E-state index in [2.05, 4.69) is 0 Å². The van der Waals surface area contributed by atoms with Crippen molar-refractivity contribution in [1.82, 2.24) is 0 Å². The smallest absolute Gasteiger partial charge is 0.317 e. The Morgan fingerprint density at radius 1 is 1.16 bits per heavy atom. The van der Waals surface area contributed by atoms with Crippen LogP contribution in [-0.4, -0.2) is 30.3 Å². The molecule has 1 aromatic heterocycles. The third-order valence-electron chi connectivity index (χ3n) is 3.30. The molecule has 6 nitrogen and oxygen atoms in total. The largest absolute Gasteiger partial charge is 0.618 e. The van der Waals surface area contributed by atoms with Crippen LogP contribution in [0, 0.1) is 5.21 Å². The summed E-state index contributed by atoms with van der Waals surface area (Å²) in [7, 11) is 0. The van der Waals surface area contributed by atoms with Gasteiger partial charge in [0.15, 0.2) is 12.8 Å². The van der Waals surface area contributed by atoms with E-state index in [9.17, 15) is 14.8 Å². The molecule has 0 radical (unpaired) electrons. The standard InChI is InChI=1S/C18H20N2O4S/c1-14(2)20(15-8-4-3-5-9-15)16(21)12-24-18(22)13-25-17-10-6-7-11-19(17)23/h3-11,14H,12-13H2,1-2H3. The summed E-state index contributed by atoms with van der Waals surface area (Å²) in [5.74, 6) is -0.871. The van der Waals surface area contributed by atoms with Gasteiger partial charge in [0.05, 0.1) is 0 Å². The van der Waals surface area contributed by atoms with Gasteiger partial charge in [-0.25, -0.2) is 0 Å². The Kier molecular flexibility index (Phi) is 6.82. The number of rotatable bonds is 7. The first kappa shape index (κ1) is 18.8. The van der Waals surface area contributed by atoms with Crippen molar-refractivity contribution in [2.75, 3.05) is 17.3 Å². The number of benzene rings is 1. The number of hydrogen-bond acceptors (Lipinski definition) is 5. The molecule has 0 unspecified atom stereocenters. The molecule has 0 N–H and O–H groups in total. The molecular formula is C18H20N2O4S. The zero-order valence-electron chi connectivity index (χ0n) is 14.1. The molecule has 25 heavy (non-hydrogen) atoms. The van der Waals surface area contributed by atoms with E-state index in [1.54, 1.807) is 23.1 Å². The fraction of sp³-hybridized carbons (Fsp3) is 0.278. The van der Waals surface area contributed by atoms with Crippen LogP contribution in [0.2, 0.25) is 0 Å². The van der Waals surface area contributed by atoms with Gasteiger partial charge in [-0.3, -0.25) is 9.59 Å². The van der Waals surface area contributed by atoms with E-state index in [4.69, 9.17) is 4.74 Å². The number of thioether (sulfide) groups is 1. The summed E-state index contributed by atoms with van der Waals surface area (Å²) in [6.45, 7) is 3.45. The molecule has 1 aromatic carbocycles. The summed E-state index contributed by atoms with van der Waals surface area (Å²) >= 11 is 1.07. The Labute approximate surface area is 151 Å². The first-order valence-electron chi connectivity index (χ1n) is 7.82. The number of anilines is 1. The van der Waals surface area contributed by atoms with Gasteiger partial charge in [-0.1, -0.05) is 18.2 Å². The molecule has 0 aliphatic rings. The molecule has 0 saturated heterocycles. The van der Waals surface area contributed by atoms with Gasteiger partial charge < -0.3 is 14.8 Å². The average Bonchev–Trinajstić information content (AvgIpc) is 2.60. The summed E-state index contributed by atoms with van der Waals surface area (Å²) < 4.78 is 5.74. The van der Waals surface area contributed by atoms with Gasteiger partial charge in [-0.15, -0.1) is 0 Å². The molecule has 0 fully saturated rings. The molecule has 0 spiro atoms. The molecule has 0 saturated carbocycles. The number of pyridine rings is 1. The fourth-order valence-corrected chi connectivity index (χ4v) is 2.94. The maximum absolute atomic E-state index is 12.4. The second-order valence-electron chi connectivity index (χ2n) is 5.51. The third kappa shape index (κ3) is 5.49. The summed E-state index contributed by atoms with van der Waals surface area (Å²) in [5.41, 5.74) is 0.754. The van der Waals surface area contributed by atoms with Gasteiger partial charge in [0, 0.05) is 23.9 Å². The number of aromatic nitrogens is 1. The SMILES string of the molecule is CC(C)N(C(=O)COC(=O)CSc1cccc[n+]1[O-])c1ccccc1. The summed E-state index contributed by atoms with van der Waals surface area (Å²) in [6.07, 6.45) is 1.36. The number of esters is 1. The summed E-state index contributed by atoms with van der Waals surface area (Å²) in [4.78, 5) is 25.8. The lowest BCUT2D eigenvalue weighted by atomic mass is 10.2. The normalized spacial score (nSPS) is 10.5. The highest BCUT2D eigenvalue weighted by Gasteiger charge is 2.20. The number of amides is 1. The molecular weight excluding hydrogens is 340 g/mol. The van der Waals surface area contributed by atoms with Gasteiger partial charge >= 0.3 is 5.97 Å². The number of hydrogen-bond donors (Lipinski definition) is 0. The Morgan fingerprint density at radius 3 is 2.48 bits per heavy atom. The number of para-hydroxylation sites is 1. The molecule has 2 aromatic rings. The van der Waals surface area contributed by atoms with Crippen molar-refractivity contribution in [3.63, 3.8) is 0 Å². The summed E-state index contributed by atoms with van der Waals surface area (Å²) in [5, 5.41) is 11.9. The predicted octanol–water partition coefficient (Wildman–Crippen LogP) is 2.40. The monoisotopic (exact) mass is 360 g/mol. The van der Waals surface area contributed by atoms with E-state index >= 15 is 0 Å². The molecule has 0 bridgehead atoms. The Morgan fingerprint density at radius 2 is 1.84 bits per heavy atom. The van der Waals surface area contributed by atoms with Crippen molar-refractivity contribution in [1.29, 1.82) is 0 Å². The zero-order valence-corrected chi connectivity index (χ0v) is 14.9. The van der Waals surface area contributed by atoms with Crippen LogP contribution in [0.1, 0.15) is 13.8 Å². The van der Waals surface area contributed by atoms with Crippen LogP contribution in [0.3, 0.4) is 0 Å². The molecule has 7 heteroatoms. The van der Waals surface area contributed by atoms with Crippen molar-refractivity contribution < 1.29 is 19.1 Å². The van der Waals surface area contributed by atoms with E-state index in [1.165, 1.54) is 6.20 Å². The lowest BCUT2D eigenvalue weighted by Crippen LogP contribution is -2.40. The molecule has 0 atom stereocenters. The van der Waals surface area contributed by atoms with E-state index < -0.39 is 5.97 Å². The Hall–Kier alpha value is -2.54. The van der Waals surface area contributed by atoms with Gasteiger partial charge in [-0.2, -0.15) is 4.73 Å². The quantitative estimate of drug-likeness (QED) is 0.328. The van der Waals surface area contributed by atoms with Crippen molar-refractivity contribution in [3.8, 4) is 0 Å². The topological polar surface area (TPSA) is 73.5 Å². The lowest BCUT2D eigenvalue weighted by Gasteiger charge is -2.26. The van der Waals surface area contributed by atoms with Crippen molar-refractivity contribution >= 4 is 29.3 Å². The van der Waals surface area contributed by atoms with Crippen molar-refractivity contribution in [2.24, 2.45) is 0 Å². The minimum Gasteiger partial charge on any atom is -0.618 e. The zero-order chi connectivity index (χ0) is 18.2. The van der Waals surface area contributed by atoms with Crippen LogP contribution < -0.4 is 9.63 Å². The number of nitrogens with zero attached hydrogens (tertiary/aromatic N) is 2. The van der Waals surface area contributed by atoms with Crippen LogP contribution in [0.5, 0.6) is 0 Å². The molecule has 0 aliphatic heterocycles. The minimum atomic E-state index is -0.543. The van der Waals surface area contributed by atoms with E-state index in [0.717, 1.165) is 17.4 Å². The Bertz CT molecular complexity index is 722. The van der Waals surface area contributed by atoms with Gasteiger partial charge in [0.1, 0.15) is 5.75 Å². The molecule has 1 heterocycles. The fourth-order valence-electron chi connectivity index (χ4n) is 2.23. The van der Waals surface area contributed by atoms with Crippen LogP contribution in [0.15, 0.2) is 59.8 Å². The maximum Gasteiger partial charge on any atom is 0.317 e. The molecule has 132 valence electrons. The van der Waals surface area contributed by atoms with Crippen LogP contribution in [0.4, 0.5) is 5.69 Å². The highest BCUT2D eigenvalue weighted by atomic mass is 32.2. The Balaban J connectivity index is 1.87. The first-order valence-corrected chi connectivity index (χ1v) is 8.81. The molecule has 0 aliphatic carbocycles. The van der Waals surface area contributed by atoms with E-state index in [-0.39, 0.29) is 24.3 Å². The second kappa shape index (κ2) is 9.08. The molecule has 1 amide bonds. The highest BCUT2D eigenvalue weighted by Crippen LogP contribution is 2.17. The van der Waals surface area contributed by atoms with Gasteiger partial charge in [0.2, 0.25) is 0 Å². The van der Waals surface area contributed by atoms with Crippen molar-refractivity contribution in [2.45, 2.75) is 24.9 Å². The predicted molar refractivity (Wildman–Crippen MR) is 96.1 cm³/mol. The van der Waals surface area contributed by atoms with Crippen LogP contribution >= 0.6 is 11.8 Å². The van der Waals surface area contributed by atoms with Crippen molar-refractivity contribution in [3.05, 3.63) is 59.9 Å².